The third-order valence-corrected chi connectivity index (χ3v) is 4.58. The Bertz CT molecular complexity index is 554. The molecule has 106 valence electrons. The maximum Gasteiger partial charge on any atom is 0.273 e. The predicted octanol–water partition coefficient (Wildman–Crippen LogP) is 3.86. The lowest BCUT2D eigenvalue weighted by Crippen LogP contribution is -2.34. The van der Waals surface area contributed by atoms with Crippen LogP contribution in [0.25, 0.3) is 10.6 Å². The smallest absolute Gasteiger partial charge is 0.273 e. The average Bonchev–Trinajstić information content (AvgIpc) is 3.07. The Morgan fingerprint density at radius 1 is 1.30 bits per heavy atom. The summed E-state index contributed by atoms with van der Waals surface area (Å²) in [4.78, 5) is 13.2. The fraction of sp³-hybridized carbons (Fsp3) is 0.467. The molecule has 2 aromatic rings. The second kappa shape index (κ2) is 6.22. The molecule has 0 bridgehead atoms. The van der Waals surface area contributed by atoms with Crippen molar-refractivity contribution in [2.75, 3.05) is 0 Å². The van der Waals surface area contributed by atoms with Gasteiger partial charge >= 0.3 is 0 Å². The molecule has 1 amide bonds. The van der Waals surface area contributed by atoms with Crippen LogP contribution in [0.1, 0.15) is 49.0 Å². The molecule has 0 atom stereocenters. The first-order valence-electron chi connectivity index (χ1n) is 7.14. The summed E-state index contributed by atoms with van der Waals surface area (Å²) >= 11 is 1.57. The van der Waals surface area contributed by atoms with Crippen molar-refractivity contribution in [1.29, 1.82) is 0 Å². The second-order valence-electron chi connectivity index (χ2n) is 5.22. The number of hydrogen-bond acceptors (Lipinski definition) is 4. The van der Waals surface area contributed by atoms with Gasteiger partial charge in [0.15, 0.2) is 11.5 Å². The van der Waals surface area contributed by atoms with Crippen LogP contribution in [0.2, 0.25) is 0 Å². The van der Waals surface area contributed by atoms with E-state index in [-0.39, 0.29) is 11.9 Å². The quantitative estimate of drug-likeness (QED) is 0.873. The molecule has 1 N–H and O–H groups in total. The van der Waals surface area contributed by atoms with Crippen LogP contribution in [0.5, 0.6) is 0 Å². The lowest BCUT2D eigenvalue weighted by atomic mass is 10.1. The van der Waals surface area contributed by atoms with Crippen LogP contribution >= 0.6 is 11.3 Å². The van der Waals surface area contributed by atoms with Crippen molar-refractivity contribution in [2.45, 2.75) is 44.6 Å². The van der Waals surface area contributed by atoms with E-state index >= 15 is 0 Å². The van der Waals surface area contributed by atoms with Gasteiger partial charge < -0.3 is 9.84 Å². The zero-order chi connectivity index (χ0) is 13.8. The van der Waals surface area contributed by atoms with E-state index in [2.05, 4.69) is 10.5 Å². The van der Waals surface area contributed by atoms with Crippen molar-refractivity contribution in [3.8, 4) is 10.6 Å². The Morgan fingerprint density at radius 3 is 2.80 bits per heavy atom. The van der Waals surface area contributed by atoms with Gasteiger partial charge in [-0.3, -0.25) is 4.79 Å². The van der Waals surface area contributed by atoms with Crippen molar-refractivity contribution < 1.29 is 9.32 Å². The molecule has 0 unspecified atom stereocenters. The van der Waals surface area contributed by atoms with Crippen molar-refractivity contribution >= 4 is 17.2 Å². The van der Waals surface area contributed by atoms with Crippen LogP contribution in [0.4, 0.5) is 0 Å². The SMILES string of the molecule is O=C(NC1CCCCCC1)c1cc(-c2cccs2)on1. The number of hydrogen-bond donors (Lipinski definition) is 1. The fourth-order valence-electron chi connectivity index (χ4n) is 2.60. The van der Waals surface area contributed by atoms with E-state index in [9.17, 15) is 4.79 Å². The highest BCUT2D eigenvalue weighted by molar-refractivity contribution is 7.13. The van der Waals surface area contributed by atoms with E-state index in [0.29, 0.717) is 11.5 Å². The van der Waals surface area contributed by atoms with Gasteiger partial charge in [-0.2, -0.15) is 0 Å². The van der Waals surface area contributed by atoms with Crippen LogP contribution in [-0.4, -0.2) is 17.1 Å². The largest absolute Gasteiger partial charge is 0.355 e. The third kappa shape index (κ3) is 3.10. The van der Waals surface area contributed by atoms with Crippen LogP contribution in [-0.2, 0) is 0 Å². The summed E-state index contributed by atoms with van der Waals surface area (Å²) in [6.45, 7) is 0. The number of thiophene rings is 1. The van der Waals surface area contributed by atoms with E-state index in [1.165, 1.54) is 25.7 Å². The molecule has 0 aliphatic heterocycles. The zero-order valence-electron chi connectivity index (χ0n) is 11.3. The molecule has 2 aromatic heterocycles. The van der Waals surface area contributed by atoms with Crippen LogP contribution in [0, 0.1) is 0 Å². The fourth-order valence-corrected chi connectivity index (χ4v) is 3.27. The number of aromatic nitrogens is 1. The Morgan fingerprint density at radius 2 is 2.10 bits per heavy atom. The lowest BCUT2D eigenvalue weighted by molar-refractivity contribution is 0.0924. The molecule has 4 nitrogen and oxygen atoms in total. The zero-order valence-corrected chi connectivity index (χ0v) is 12.1. The molecule has 1 fully saturated rings. The van der Waals surface area contributed by atoms with Crippen molar-refractivity contribution in [3.63, 3.8) is 0 Å². The van der Waals surface area contributed by atoms with Gasteiger partial charge in [-0.1, -0.05) is 36.9 Å². The van der Waals surface area contributed by atoms with Gasteiger partial charge in [0.2, 0.25) is 0 Å². The molecule has 0 saturated heterocycles. The normalized spacial score (nSPS) is 16.8. The van der Waals surface area contributed by atoms with E-state index in [4.69, 9.17) is 4.52 Å². The highest BCUT2D eigenvalue weighted by Crippen LogP contribution is 2.25. The maximum absolute atomic E-state index is 12.2. The number of amides is 1. The summed E-state index contributed by atoms with van der Waals surface area (Å²) < 4.78 is 5.24. The summed E-state index contributed by atoms with van der Waals surface area (Å²) in [5.41, 5.74) is 0.373. The minimum absolute atomic E-state index is 0.122. The van der Waals surface area contributed by atoms with Crippen LogP contribution < -0.4 is 5.32 Å². The molecule has 1 aliphatic carbocycles. The standard InChI is InChI=1S/C15H18N2O2S/c18-15(16-11-6-3-1-2-4-7-11)12-10-13(19-17-12)14-8-5-9-20-14/h5,8-11H,1-4,6-7H2,(H,16,18). The number of nitrogens with zero attached hydrogens (tertiary/aromatic N) is 1. The molecule has 1 saturated carbocycles. The minimum Gasteiger partial charge on any atom is -0.355 e. The summed E-state index contributed by atoms with van der Waals surface area (Å²) in [5.74, 6) is 0.537. The van der Waals surface area contributed by atoms with Gasteiger partial charge in [-0.15, -0.1) is 11.3 Å². The average molecular weight is 290 g/mol. The third-order valence-electron chi connectivity index (χ3n) is 3.70. The maximum atomic E-state index is 12.2. The summed E-state index contributed by atoms with van der Waals surface area (Å²) in [5, 5.41) is 8.93. The molecule has 0 aromatic carbocycles. The van der Waals surface area contributed by atoms with Crippen molar-refractivity contribution in [1.82, 2.24) is 10.5 Å². The summed E-state index contributed by atoms with van der Waals surface area (Å²) in [6, 6.07) is 5.91. The van der Waals surface area contributed by atoms with Gasteiger partial charge in [-0.05, 0) is 24.3 Å². The van der Waals surface area contributed by atoms with Crippen molar-refractivity contribution in [2.24, 2.45) is 0 Å². The Balaban J connectivity index is 1.65. The van der Waals surface area contributed by atoms with Crippen LogP contribution in [0.3, 0.4) is 0 Å². The molecule has 0 radical (unpaired) electrons. The summed E-state index contributed by atoms with van der Waals surface area (Å²) in [7, 11) is 0. The first-order valence-corrected chi connectivity index (χ1v) is 8.02. The Labute approximate surface area is 122 Å². The first-order chi connectivity index (χ1) is 9.83. The Hall–Kier alpha value is -1.62. The molecular weight excluding hydrogens is 272 g/mol. The highest BCUT2D eigenvalue weighted by Gasteiger charge is 2.19. The first kappa shape index (κ1) is 13.4. The Kier molecular flexibility index (Phi) is 4.16. The van der Waals surface area contributed by atoms with Gasteiger partial charge in [0, 0.05) is 12.1 Å². The number of nitrogens with one attached hydrogen (secondary N) is 1. The van der Waals surface area contributed by atoms with Gasteiger partial charge in [0.25, 0.3) is 5.91 Å². The monoisotopic (exact) mass is 290 g/mol. The van der Waals surface area contributed by atoms with Gasteiger partial charge in [0.1, 0.15) is 0 Å². The molecule has 3 rings (SSSR count). The van der Waals surface area contributed by atoms with E-state index in [1.807, 2.05) is 17.5 Å². The molecular formula is C15H18N2O2S. The number of rotatable bonds is 3. The molecule has 1 aliphatic rings. The van der Waals surface area contributed by atoms with Crippen molar-refractivity contribution in [3.05, 3.63) is 29.3 Å². The number of carbonyl (C=O) groups is 1. The topological polar surface area (TPSA) is 55.1 Å². The lowest BCUT2D eigenvalue weighted by Gasteiger charge is -2.14. The summed E-state index contributed by atoms with van der Waals surface area (Å²) in [6.07, 6.45) is 7.09. The van der Waals surface area contributed by atoms with Gasteiger partial charge in [0.05, 0.1) is 4.88 Å². The van der Waals surface area contributed by atoms with E-state index in [0.717, 1.165) is 17.7 Å². The van der Waals surface area contributed by atoms with Gasteiger partial charge in [-0.25, -0.2) is 0 Å². The van der Waals surface area contributed by atoms with Crippen LogP contribution in [0.15, 0.2) is 28.1 Å². The second-order valence-corrected chi connectivity index (χ2v) is 6.16. The predicted molar refractivity (Wildman–Crippen MR) is 78.8 cm³/mol. The molecule has 2 heterocycles. The minimum atomic E-state index is -0.122. The number of carbonyl (C=O) groups excluding carboxylic acids is 1. The highest BCUT2D eigenvalue weighted by atomic mass is 32.1. The molecule has 0 spiro atoms. The molecule has 5 heteroatoms. The van der Waals surface area contributed by atoms with E-state index in [1.54, 1.807) is 17.4 Å². The molecule has 20 heavy (non-hydrogen) atoms. The van der Waals surface area contributed by atoms with E-state index < -0.39 is 0 Å².